The first-order valence-electron chi connectivity index (χ1n) is 10.2. The van der Waals surface area contributed by atoms with Crippen molar-refractivity contribution in [2.45, 2.75) is 12.4 Å². The Morgan fingerprint density at radius 2 is 1.83 bits per heavy atom. The number of fused-ring (bicyclic) bond motifs is 1. The van der Waals surface area contributed by atoms with Crippen LogP contribution in [0.2, 0.25) is 0 Å². The number of ketones is 1. The molecule has 3 aromatic rings. The average molecular weight is 484 g/mol. The fourth-order valence-corrected chi connectivity index (χ4v) is 3.95. The maximum Gasteiger partial charge on any atom is 0.573 e. The third kappa shape index (κ3) is 4.12. The van der Waals surface area contributed by atoms with Crippen molar-refractivity contribution in [3.8, 4) is 17.2 Å². The largest absolute Gasteiger partial charge is 0.573 e. The van der Waals surface area contributed by atoms with Gasteiger partial charge in [0.2, 0.25) is 6.79 Å². The molecule has 0 spiro atoms. The van der Waals surface area contributed by atoms with E-state index in [9.17, 15) is 27.9 Å². The molecule has 3 heterocycles. The van der Waals surface area contributed by atoms with Gasteiger partial charge in [0, 0.05) is 23.5 Å². The van der Waals surface area contributed by atoms with Gasteiger partial charge in [-0.2, -0.15) is 0 Å². The summed E-state index contributed by atoms with van der Waals surface area (Å²) in [6, 6.07) is 12.7. The zero-order valence-corrected chi connectivity index (χ0v) is 17.7. The number of amides is 1. The fraction of sp³-hybridized carbons (Fsp3) is 0.125. The number of pyridine rings is 1. The number of halogens is 3. The molecule has 0 saturated carbocycles. The second-order valence-electron chi connectivity index (χ2n) is 7.54. The first-order valence-corrected chi connectivity index (χ1v) is 10.2. The molecule has 5 rings (SSSR count). The number of aliphatic hydroxyl groups excluding tert-OH is 1. The van der Waals surface area contributed by atoms with E-state index >= 15 is 0 Å². The van der Waals surface area contributed by atoms with E-state index < -0.39 is 35.6 Å². The van der Waals surface area contributed by atoms with Crippen molar-refractivity contribution in [3.63, 3.8) is 0 Å². The van der Waals surface area contributed by atoms with Gasteiger partial charge < -0.3 is 19.3 Å². The molecule has 11 heteroatoms. The van der Waals surface area contributed by atoms with E-state index in [1.54, 1.807) is 18.2 Å². The van der Waals surface area contributed by atoms with Crippen LogP contribution in [0, 0.1) is 0 Å². The number of aromatic nitrogens is 1. The second-order valence-corrected chi connectivity index (χ2v) is 7.54. The molecule has 1 atom stereocenters. The Kier molecular flexibility index (Phi) is 5.31. The van der Waals surface area contributed by atoms with Gasteiger partial charge in [-0.1, -0.05) is 12.1 Å². The first kappa shape index (κ1) is 22.3. The Morgan fingerprint density at radius 3 is 2.57 bits per heavy atom. The molecule has 178 valence electrons. The predicted octanol–water partition coefficient (Wildman–Crippen LogP) is 4.34. The minimum absolute atomic E-state index is 0.00574. The number of aliphatic hydroxyl groups is 1. The van der Waals surface area contributed by atoms with Crippen LogP contribution in [-0.2, 0) is 9.59 Å². The van der Waals surface area contributed by atoms with Crippen molar-refractivity contribution in [2.24, 2.45) is 0 Å². The molecule has 0 bridgehead atoms. The third-order valence-electron chi connectivity index (χ3n) is 5.39. The Hall–Kier alpha value is -4.54. The monoisotopic (exact) mass is 484 g/mol. The summed E-state index contributed by atoms with van der Waals surface area (Å²) in [7, 11) is 0. The van der Waals surface area contributed by atoms with Crippen LogP contribution in [0.1, 0.15) is 17.3 Å². The van der Waals surface area contributed by atoms with Crippen molar-refractivity contribution in [2.75, 3.05) is 11.7 Å². The highest BCUT2D eigenvalue weighted by Gasteiger charge is 2.48. The quantitative estimate of drug-likeness (QED) is 0.334. The van der Waals surface area contributed by atoms with Crippen LogP contribution >= 0.6 is 0 Å². The molecule has 1 amide bonds. The molecule has 1 saturated heterocycles. The van der Waals surface area contributed by atoms with Crippen molar-refractivity contribution < 1.29 is 42.1 Å². The molecule has 0 aliphatic carbocycles. The molecule has 1 N–H and O–H groups in total. The van der Waals surface area contributed by atoms with Gasteiger partial charge in [0.1, 0.15) is 17.6 Å². The number of carbonyl (C=O) groups excluding carboxylic acids is 2. The van der Waals surface area contributed by atoms with E-state index in [2.05, 4.69) is 9.72 Å². The molecule has 2 aliphatic heterocycles. The average Bonchev–Trinajstić information content (AvgIpc) is 3.40. The standard InChI is InChI=1S/C24H15F3N2O6/c25-24(26,27)35-15-5-3-4-14(11-15)29-20(16-6-1-2-9-28-16)19(22(31)23(29)32)21(30)13-7-8-17-18(10-13)34-12-33-17/h1-11,20,30H,12H2/b21-19-. The molecule has 35 heavy (non-hydrogen) atoms. The highest BCUT2D eigenvalue weighted by atomic mass is 19.4. The van der Waals surface area contributed by atoms with Gasteiger partial charge in [-0.15, -0.1) is 13.2 Å². The van der Waals surface area contributed by atoms with Crippen LogP contribution in [0.15, 0.2) is 72.4 Å². The zero-order valence-electron chi connectivity index (χ0n) is 17.7. The SMILES string of the molecule is O=C1C(=O)N(c2cccc(OC(F)(F)F)c2)C(c2ccccn2)/C1=C(/O)c1ccc2c(c1)OCO2. The Morgan fingerprint density at radius 1 is 1.03 bits per heavy atom. The van der Waals surface area contributed by atoms with Gasteiger partial charge in [0.25, 0.3) is 11.7 Å². The van der Waals surface area contributed by atoms with Gasteiger partial charge in [0.05, 0.1) is 11.3 Å². The Balaban J connectivity index is 1.65. The predicted molar refractivity (Wildman–Crippen MR) is 115 cm³/mol. The molecular formula is C24H15F3N2O6. The Bertz CT molecular complexity index is 1360. The molecule has 0 radical (unpaired) electrons. The van der Waals surface area contributed by atoms with Crippen LogP contribution in [0.4, 0.5) is 18.9 Å². The number of rotatable bonds is 4. The number of hydrogen-bond acceptors (Lipinski definition) is 7. The van der Waals surface area contributed by atoms with Gasteiger partial charge in [-0.25, -0.2) is 0 Å². The number of alkyl halides is 3. The summed E-state index contributed by atoms with van der Waals surface area (Å²) in [5.41, 5.74) is 0.0717. The summed E-state index contributed by atoms with van der Waals surface area (Å²) in [6.07, 6.45) is -3.52. The van der Waals surface area contributed by atoms with Crippen LogP contribution in [0.25, 0.3) is 5.76 Å². The van der Waals surface area contributed by atoms with Crippen LogP contribution in [0.3, 0.4) is 0 Å². The van der Waals surface area contributed by atoms with Crippen LogP contribution < -0.4 is 19.1 Å². The topological polar surface area (TPSA) is 98.2 Å². The summed E-state index contributed by atoms with van der Waals surface area (Å²) in [5, 5.41) is 11.1. The first-order chi connectivity index (χ1) is 16.7. The van der Waals surface area contributed by atoms with Gasteiger partial charge in [-0.3, -0.25) is 19.5 Å². The van der Waals surface area contributed by atoms with Crippen molar-refractivity contribution >= 4 is 23.1 Å². The summed E-state index contributed by atoms with van der Waals surface area (Å²) >= 11 is 0. The fourth-order valence-electron chi connectivity index (χ4n) is 3.95. The number of carbonyl (C=O) groups is 2. The lowest BCUT2D eigenvalue weighted by Gasteiger charge is -2.25. The van der Waals surface area contributed by atoms with E-state index in [-0.39, 0.29) is 29.3 Å². The van der Waals surface area contributed by atoms with Crippen LogP contribution in [0.5, 0.6) is 17.2 Å². The van der Waals surface area contributed by atoms with E-state index in [0.29, 0.717) is 11.5 Å². The number of benzene rings is 2. The molecule has 2 aromatic carbocycles. The van der Waals surface area contributed by atoms with E-state index in [4.69, 9.17) is 9.47 Å². The maximum atomic E-state index is 13.1. The molecule has 1 aromatic heterocycles. The lowest BCUT2D eigenvalue weighted by Crippen LogP contribution is -2.30. The smallest absolute Gasteiger partial charge is 0.507 e. The summed E-state index contributed by atoms with van der Waals surface area (Å²) in [5.74, 6) is -2.36. The molecule has 1 fully saturated rings. The number of Topliss-reactive ketones (excluding diaryl/α,β-unsaturated/α-hetero) is 1. The number of nitrogens with zero attached hydrogens (tertiary/aromatic N) is 2. The summed E-state index contributed by atoms with van der Waals surface area (Å²) in [4.78, 5) is 31.4. The minimum Gasteiger partial charge on any atom is -0.507 e. The van der Waals surface area contributed by atoms with E-state index in [1.165, 1.54) is 36.5 Å². The summed E-state index contributed by atoms with van der Waals surface area (Å²) in [6.45, 7) is -0.00574. The number of anilines is 1. The van der Waals surface area contributed by atoms with Gasteiger partial charge >= 0.3 is 6.36 Å². The number of hydrogen-bond donors (Lipinski definition) is 1. The van der Waals surface area contributed by atoms with Crippen molar-refractivity contribution in [3.05, 3.63) is 83.7 Å². The number of ether oxygens (including phenoxy) is 3. The highest BCUT2D eigenvalue weighted by molar-refractivity contribution is 6.51. The zero-order chi connectivity index (χ0) is 24.7. The van der Waals surface area contributed by atoms with Crippen LogP contribution in [-0.4, -0.2) is 34.9 Å². The van der Waals surface area contributed by atoms with Gasteiger partial charge in [-0.05, 0) is 42.5 Å². The minimum atomic E-state index is -4.95. The highest BCUT2D eigenvalue weighted by Crippen LogP contribution is 2.43. The molecule has 2 aliphatic rings. The lowest BCUT2D eigenvalue weighted by atomic mass is 9.98. The second kappa shape index (κ2) is 8.35. The van der Waals surface area contributed by atoms with Crippen molar-refractivity contribution in [1.29, 1.82) is 0 Å². The Labute approximate surface area is 195 Å². The molecule has 8 nitrogen and oxygen atoms in total. The van der Waals surface area contributed by atoms with E-state index in [1.807, 2.05) is 0 Å². The molecule has 1 unspecified atom stereocenters. The normalized spacial score (nSPS) is 18.7. The van der Waals surface area contributed by atoms with Gasteiger partial charge in [0.15, 0.2) is 11.5 Å². The lowest BCUT2D eigenvalue weighted by molar-refractivity contribution is -0.274. The summed E-state index contributed by atoms with van der Waals surface area (Å²) < 4.78 is 52.8. The maximum absolute atomic E-state index is 13.1. The van der Waals surface area contributed by atoms with E-state index in [0.717, 1.165) is 17.0 Å². The third-order valence-corrected chi connectivity index (χ3v) is 5.39. The molecular weight excluding hydrogens is 469 g/mol. The van der Waals surface area contributed by atoms with Crippen molar-refractivity contribution in [1.82, 2.24) is 4.98 Å².